The zero-order valence-corrected chi connectivity index (χ0v) is 17.8. The molecule has 2 N–H and O–H groups in total. The highest BCUT2D eigenvalue weighted by atomic mass is 79.9. The molecule has 11 heteroatoms. The van der Waals surface area contributed by atoms with Crippen molar-refractivity contribution in [3.63, 3.8) is 0 Å². The molecule has 0 aliphatic carbocycles. The Labute approximate surface area is 173 Å². The number of imidazole rings is 1. The number of benzene rings is 1. The van der Waals surface area contributed by atoms with Crippen LogP contribution in [0.3, 0.4) is 0 Å². The zero-order chi connectivity index (χ0) is 20.6. The fraction of sp³-hybridized carbons (Fsp3) is 0.176. The molecule has 0 saturated carbocycles. The van der Waals surface area contributed by atoms with E-state index in [1.54, 1.807) is 6.92 Å². The van der Waals surface area contributed by atoms with Gasteiger partial charge in [-0.2, -0.15) is 0 Å². The van der Waals surface area contributed by atoms with Crippen LogP contribution in [0, 0.1) is 18.6 Å². The van der Waals surface area contributed by atoms with Crippen molar-refractivity contribution < 1.29 is 17.2 Å². The standard InChI is InChI=1S/C17H14BrClF2N4O2S/c1-8-17(28(2,26)27)25-16(23-8)14(9-3-4-13(21)12(19)5-9)24-15-11(18)6-10(20)7-22-15/h3-7,14H,1-2H3,(H,22,24)(H,23,25). The Bertz CT molecular complexity index is 1150. The Hall–Kier alpha value is -2.04. The summed E-state index contributed by atoms with van der Waals surface area (Å²) >= 11 is 9.13. The number of sulfone groups is 1. The summed E-state index contributed by atoms with van der Waals surface area (Å²) in [5, 5.41) is 2.84. The van der Waals surface area contributed by atoms with E-state index in [0.29, 0.717) is 15.7 Å². The predicted octanol–water partition coefficient (Wildman–Crippen LogP) is 4.41. The first-order chi connectivity index (χ1) is 13.1. The summed E-state index contributed by atoms with van der Waals surface area (Å²) in [6, 6.07) is 4.52. The van der Waals surface area contributed by atoms with Crippen LogP contribution in [0.25, 0.3) is 0 Å². The Morgan fingerprint density at radius 2 is 2.00 bits per heavy atom. The van der Waals surface area contributed by atoms with E-state index in [1.807, 2.05) is 0 Å². The number of nitrogens with one attached hydrogen (secondary N) is 2. The second-order valence-corrected chi connectivity index (χ2v) is 9.25. The summed E-state index contributed by atoms with van der Waals surface area (Å²) in [6.45, 7) is 1.58. The second kappa shape index (κ2) is 7.76. The number of aromatic amines is 1. The van der Waals surface area contributed by atoms with E-state index in [-0.39, 0.29) is 21.7 Å². The third kappa shape index (κ3) is 4.34. The maximum absolute atomic E-state index is 13.6. The third-order valence-corrected chi connectivity index (χ3v) is 5.84. The molecule has 2 aromatic heterocycles. The number of rotatable bonds is 5. The number of aromatic nitrogens is 3. The van der Waals surface area contributed by atoms with Gasteiger partial charge in [0.05, 0.1) is 21.4 Å². The highest BCUT2D eigenvalue weighted by Gasteiger charge is 2.25. The van der Waals surface area contributed by atoms with E-state index in [1.165, 1.54) is 24.3 Å². The second-order valence-electron chi connectivity index (χ2n) is 6.06. The first-order valence-electron chi connectivity index (χ1n) is 7.85. The highest BCUT2D eigenvalue weighted by Crippen LogP contribution is 2.31. The lowest BCUT2D eigenvalue weighted by atomic mass is 10.1. The van der Waals surface area contributed by atoms with E-state index < -0.39 is 27.5 Å². The molecular formula is C17H14BrClF2N4O2S. The van der Waals surface area contributed by atoms with Crippen molar-refractivity contribution >= 4 is 43.2 Å². The molecule has 0 aliphatic rings. The average Bonchev–Trinajstić information content (AvgIpc) is 2.99. The molecule has 6 nitrogen and oxygen atoms in total. The number of H-pyrrole nitrogens is 1. The number of halogens is 4. The Morgan fingerprint density at radius 1 is 1.29 bits per heavy atom. The van der Waals surface area contributed by atoms with Crippen molar-refractivity contribution in [2.45, 2.75) is 18.0 Å². The van der Waals surface area contributed by atoms with Gasteiger partial charge in [-0.05, 0) is 46.6 Å². The van der Waals surface area contributed by atoms with Crippen molar-refractivity contribution in [1.82, 2.24) is 15.0 Å². The van der Waals surface area contributed by atoms with Crippen LogP contribution in [-0.2, 0) is 9.84 Å². The molecule has 0 amide bonds. The van der Waals surface area contributed by atoms with Crippen LogP contribution in [-0.4, -0.2) is 29.6 Å². The summed E-state index contributed by atoms with van der Waals surface area (Å²) in [5.74, 6) is -0.606. The summed E-state index contributed by atoms with van der Waals surface area (Å²) in [4.78, 5) is 11.1. The van der Waals surface area contributed by atoms with Gasteiger partial charge in [-0.1, -0.05) is 17.7 Å². The van der Waals surface area contributed by atoms with Crippen molar-refractivity contribution in [2.75, 3.05) is 11.6 Å². The third-order valence-electron chi connectivity index (χ3n) is 3.85. The minimum absolute atomic E-state index is 0.103. The van der Waals surface area contributed by atoms with Crippen LogP contribution in [0.5, 0.6) is 0 Å². The van der Waals surface area contributed by atoms with Gasteiger partial charge in [-0.25, -0.2) is 27.2 Å². The van der Waals surface area contributed by atoms with Crippen molar-refractivity contribution in [1.29, 1.82) is 0 Å². The van der Waals surface area contributed by atoms with Gasteiger partial charge < -0.3 is 10.3 Å². The number of anilines is 1. The maximum atomic E-state index is 13.6. The van der Waals surface area contributed by atoms with Gasteiger partial charge in [-0.3, -0.25) is 0 Å². The molecule has 0 fully saturated rings. The Kier molecular flexibility index (Phi) is 5.74. The number of nitrogens with zero attached hydrogens (tertiary/aromatic N) is 2. The molecule has 0 radical (unpaired) electrons. The molecule has 0 aliphatic heterocycles. The minimum atomic E-state index is -3.56. The maximum Gasteiger partial charge on any atom is 0.194 e. The first kappa shape index (κ1) is 20.7. The van der Waals surface area contributed by atoms with Crippen LogP contribution in [0.2, 0.25) is 5.02 Å². The van der Waals surface area contributed by atoms with E-state index >= 15 is 0 Å². The quantitative estimate of drug-likeness (QED) is 0.552. The van der Waals surface area contributed by atoms with E-state index in [0.717, 1.165) is 12.5 Å². The summed E-state index contributed by atoms with van der Waals surface area (Å²) in [7, 11) is -3.56. The molecule has 28 heavy (non-hydrogen) atoms. The lowest BCUT2D eigenvalue weighted by Gasteiger charge is -2.19. The van der Waals surface area contributed by atoms with E-state index in [4.69, 9.17) is 11.6 Å². The van der Waals surface area contributed by atoms with Gasteiger partial charge in [0.25, 0.3) is 0 Å². The van der Waals surface area contributed by atoms with Gasteiger partial charge in [0.15, 0.2) is 14.9 Å². The molecule has 148 valence electrons. The fourth-order valence-electron chi connectivity index (χ4n) is 2.62. The molecule has 2 heterocycles. The monoisotopic (exact) mass is 490 g/mol. The largest absolute Gasteiger partial charge is 0.355 e. The fourth-order valence-corrected chi connectivity index (χ4v) is 4.12. The van der Waals surface area contributed by atoms with Gasteiger partial charge in [0.2, 0.25) is 0 Å². The molecule has 1 aromatic carbocycles. The molecule has 0 saturated heterocycles. The smallest absolute Gasteiger partial charge is 0.194 e. The molecular weight excluding hydrogens is 478 g/mol. The van der Waals surface area contributed by atoms with Crippen LogP contribution < -0.4 is 5.32 Å². The number of hydrogen-bond donors (Lipinski definition) is 2. The van der Waals surface area contributed by atoms with Crippen molar-refractivity contribution in [3.8, 4) is 0 Å². The van der Waals surface area contributed by atoms with Crippen molar-refractivity contribution in [2.24, 2.45) is 0 Å². The number of pyridine rings is 1. The van der Waals surface area contributed by atoms with E-state index in [2.05, 4.69) is 36.2 Å². The van der Waals surface area contributed by atoms with Gasteiger partial charge in [0, 0.05) is 6.26 Å². The summed E-state index contributed by atoms with van der Waals surface area (Å²) < 4.78 is 51.2. The average molecular weight is 492 g/mol. The lowest BCUT2D eigenvalue weighted by Crippen LogP contribution is -2.16. The first-order valence-corrected chi connectivity index (χ1v) is 10.9. The molecule has 0 spiro atoms. The Balaban J connectivity index is 2.13. The van der Waals surface area contributed by atoms with Crippen LogP contribution in [0.1, 0.15) is 23.1 Å². The topological polar surface area (TPSA) is 87.7 Å². The molecule has 3 rings (SSSR count). The zero-order valence-electron chi connectivity index (χ0n) is 14.6. The van der Waals surface area contributed by atoms with Crippen molar-refractivity contribution in [3.05, 3.63) is 68.7 Å². The normalized spacial score (nSPS) is 12.8. The van der Waals surface area contributed by atoms with E-state index in [9.17, 15) is 17.2 Å². The van der Waals surface area contributed by atoms with Crippen LogP contribution >= 0.6 is 27.5 Å². The minimum Gasteiger partial charge on any atom is -0.355 e. The summed E-state index contributed by atoms with van der Waals surface area (Å²) in [5.41, 5.74) is 0.849. The predicted molar refractivity (Wildman–Crippen MR) is 105 cm³/mol. The number of hydrogen-bond acceptors (Lipinski definition) is 5. The SMILES string of the molecule is Cc1[nH]c(C(Nc2ncc(F)cc2Br)c2ccc(F)c(Cl)c2)nc1S(C)(=O)=O. The molecule has 3 aromatic rings. The van der Waals surface area contributed by atoms with Gasteiger partial charge >= 0.3 is 0 Å². The molecule has 0 bridgehead atoms. The summed E-state index contributed by atoms with van der Waals surface area (Å²) in [6.07, 6.45) is 2.08. The lowest BCUT2D eigenvalue weighted by molar-refractivity contribution is 0.597. The van der Waals surface area contributed by atoms with Gasteiger partial charge in [-0.15, -0.1) is 0 Å². The Morgan fingerprint density at radius 3 is 2.57 bits per heavy atom. The van der Waals surface area contributed by atoms with Crippen LogP contribution in [0.15, 0.2) is 40.0 Å². The highest BCUT2D eigenvalue weighted by molar-refractivity contribution is 9.10. The number of aryl methyl sites for hydroxylation is 1. The molecule has 1 atom stereocenters. The van der Waals surface area contributed by atoms with Gasteiger partial charge in [0.1, 0.15) is 29.3 Å². The van der Waals surface area contributed by atoms with Crippen LogP contribution in [0.4, 0.5) is 14.6 Å². The molecule has 1 unspecified atom stereocenters.